The van der Waals surface area contributed by atoms with Crippen LogP contribution in [-0.4, -0.2) is 66.9 Å². The summed E-state index contributed by atoms with van der Waals surface area (Å²) < 4.78 is 0. The Morgan fingerprint density at radius 3 is 2.44 bits per heavy atom. The van der Waals surface area contributed by atoms with Crippen molar-refractivity contribution in [1.29, 1.82) is 0 Å². The average molecular weight is 344 g/mol. The summed E-state index contributed by atoms with van der Waals surface area (Å²) in [5.41, 5.74) is 2.87. The second-order valence-corrected chi connectivity index (χ2v) is 7.86. The summed E-state index contributed by atoms with van der Waals surface area (Å²) in [7, 11) is 4.15. The second-order valence-electron chi connectivity index (χ2n) is 7.86. The van der Waals surface area contributed by atoms with Gasteiger partial charge in [-0.2, -0.15) is 0 Å². The predicted octanol–water partition coefficient (Wildman–Crippen LogP) is 2.77. The first kappa shape index (κ1) is 18.4. The molecule has 0 spiro atoms. The van der Waals surface area contributed by atoms with Crippen LogP contribution < -0.4 is 0 Å². The highest BCUT2D eigenvalue weighted by atomic mass is 16.2. The lowest BCUT2D eigenvalue weighted by atomic mass is 9.94. The van der Waals surface area contributed by atoms with Crippen LogP contribution in [0.1, 0.15) is 43.2 Å². The smallest absolute Gasteiger partial charge is 0.236 e. The Balaban J connectivity index is 1.52. The van der Waals surface area contributed by atoms with E-state index in [2.05, 4.69) is 41.1 Å². The lowest BCUT2D eigenvalue weighted by Gasteiger charge is -2.37. The van der Waals surface area contributed by atoms with Crippen molar-refractivity contribution in [3.05, 3.63) is 35.4 Å². The Morgan fingerprint density at radius 2 is 1.72 bits per heavy atom. The number of nitrogens with zero attached hydrogens (tertiary/aromatic N) is 3. The molecule has 138 valence electrons. The summed E-state index contributed by atoms with van der Waals surface area (Å²) in [6.07, 6.45) is 7.49. The summed E-state index contributed by atoms with van der Waals surface area (Å²) in [5, 5.41) is 0. The Hall–Kier alpha value is -1.39. The molecule has 0 N–H and O–H groups in total. The molecule has 25 heavy (non-hydrogen) atoms. The standard InChI is InChI=1S/C21H33N3O/c1-22-15-19-11-7-6-10-18(19)14-20(22)16-23(2)21(25)17-24-12-8-4-3-5-9-13-24/h6-7,10-11,20H,3-5,8-9,12-17H2,1-2H3. The number of fused-ring (bicyclic) bond motifs is 1. The number of hydrogen-bond donors (Lipinski definition) is 0. The number of amides is 1. The first-order chi connectivity index (χ1) is 12.1. The van der Waals surface area contributed by atoms with E-state index in [1.165, 1.54) is 43.2 Å². The molecule has 0 saturated carbocycles. The van der Waals surface area contributed by atoms with E-state index in [0.717, 1.165) is 32.6 Å². The number of likely N-dealkylation sites (tertiary alicyclic amines) is 1. The van der Waals surface area contributed by atoms with E-state index in [4.69, 9.17) is 0 Å². The molecular weight excluding hydrogens is 310 g/mol. The zero-order valence-electron chi connectivity index (χ0n) is 15.9. The molecule has 1 unspecified atom stereocenters. The van der Waals surface area contributed by atoms with Gasteiger partial charge in [-0.3, -0.25) is 14.6 Å². The van der Waals surface area contributed by atoms with Crippen LogP contribution in [0.2, 0.25) is 0 Å². The maximum Gasteiger partial charge on any atom is 0.236 e. The van der Waals surface area contributed by atoms with Gasteiger partial charge in [0, 0.05) is 26.2 Å². The van der Waals surface area contributed by atoms with Gasteiger partial charge in [-0.25, -0.2) is 0 Å². The number of benzene rings is 1. The highest BCUT2D eigenvalue weighted by Crippen LogP contribution is 2.22. The number of carbonyl (C=O) groups is 1. The average Bonchev–Trinajstić information content (AvgIpc) is 2.57. The fourth-order valence-electron chi connectivity index (χ4n) is 4.12. The Kier molecular flexibility index (Phi) is 6.49. The molecule has 0 radical (unpaired) electrons. The van der Waals surface area contributed by atoms with E-state index >= 15 is 0 Å². The quantitative estimate of drug-likeness (QED) is 0.841. The molecule has 4 heteroatoms. The van der Waals surface area contributed by atoms with Crippen LogP contribution in [0, 0.1) is 0 Å². The van der Waals surface area contributed by atoms with Crippen LogP contribution in [0.5, 0.6) is 0 Å². The van der Waals surface area contributed by atoms with E-state index < -0.39 is 0 Å². The van der Waals surface area contributed by atoms with Crippen LogP contribution in [0.25, 0.3) is 0 Å². The van der Waals surface area contributed by atoms with Gasteiger partial charge >= 0.3 is 0 Å². The lowest BCUT2D eigenvalue weighted by Crippen LogP contribution is -2.48. The van der Waals surface area contributed by atoms with Crippen molar-refractivity contribution < 1.29 is 4.79 Å². The molecule has 2 heterocycles. The first-order valence-electron chi connectivity index (χ1n) is 9.87. The predicted molar refractivity (Wildman–Crippen MR) is 103 cm³/mol. The number of rotatable bonds is 4. The normalized spacial score (nSPS) is 22.7. The molecule has 2 aliphatic rings. The van der Waals surface area contributed by atoms with Gasteiger partial charge in [0.1, 0.15) is 0 Å². The molecule has 0 bridgehead atoms. The number of hydrogen-bond acceptors (Lipinski definition) is 3. The Labute approximate surface area is 152 Å². The van der Waals surface area contributed by atoms with E-state index in [0.29, 0.717) is 12.6 Å². The fraction of sp³-hybridized carbons (Fsp3) is 0.667. The van der Waals surface area contributed by atoms with E-state index in [1.807, 2.05) is 11.9 Å². The zero-order chi connectivity index (χ0) is 17.6. The van der Waals surface area contributed by atoms with Crippen molar-refractivity contribution in [3.63, 3.8) is 0 Å². The molecule has 1 aromatic rings. The van der Waals surface area contributed by atoms with Gasteiger partial charge in [-0.1, -0.05) is 43.5 Å². The summed E-state index contributed by atoms with van der Waals surface area (Å²) in [4.78, 5) is 19.4. The van der Waals surface area contributed by atoms with Crippen molar-refractivity contribution >= 4 is 5.91 Å². The molecule has 1 fully saturated rings. The summed E-state index contributed by atoms with van der Waals surface area (Å²) in [5.74, 6) is 0.271. The van der Waals surface area contributed by atoms with Crippen LogP contribution in [-0.2, 0) is 17.8 Å². The molecule has 1 aromatic carbocycles. The highest BCUT2D eigenvalue weighted by Gasteiger charge is 2.26. The minimum absolute atomic E-state index is 0.271. The maximum atomic E-state index is 12.7. The molecule has 2 aliphatic heterocycles. The van der Waals surface area contributed by atoms with Gasteiger partial charge in [0.25, 0.3) is 0 Å². The third-order valence-corrected chi connectivity index (χ3v) is 5.83. The summed E-state index contributed by atoms with van der Waals surface area (Å²) in [6.45, 7) is 4.54. The highest BCUT2D eigenvalue weighted by molar-refractivity contribution is 5.78. The lowest BCUT2D eigenvalue weighted by molar-refractivity contribution is -0.132. The third-order valence-electron chi connectivity index (χ3n) is 5.83. The molecule has 0 aromatic heterocycles. The minimum atomic E-state index is 0.271. The van der Waals surface area contributed by atoms with Crippen LogP contribution in [0.4, 0.5) is 0 Å². The molecule has 4 nitrogen and oxygen atoms in total. The first-order valence-corrected chi connectivity index (χ1v) is 9.87. The molecule has 3 rings (SSSR count). The molecule has 1 saturated heterocycles. The Bertz CT molecular complexity index is 566. The maximum absolute atomic E-state index is 12.7. The van der Waals surface area contributed by atoms with Crippen LogP contribution >= 0.6 is 0 Å². The molecule has 1 atom stereocenters. The molecular formula is C21H33N3O. The van der Waals surface area contributed by atoms with E-state index in [1.54, 1.807) is 0 Å². The van der Waals surface area contributed by atoms with Crippen molar-refractivity contribution in [2.45, 2.75) is 51.1 Å². The van der Waals surface area contributed by atoms with Crippen molar-refractivity contribution in [2.75, 3.05) is 40.3 Å². The molecule has 0 aliphatic carbocycles. The van der Waals surface area contributed by atoms with Gasteiger partial charge in [0.05, 0.1) is 6.54 Å². The Morgan fingerprint density at radius 1 is 1.08 bits per heavy atom. The fourth-order valence-corrected chi connectivity index (χ4v) is 4.12. The van der Waals surface area contributed by atoms with Gasteiger partial charge in [-0.15, -0.1) is 0 Å². The van der Waals surface area contributed by atoms with Crippen LogP contribution in [0.15, 0.2) is 24.3 Å². The number of carbonyl (C=O) groups excluding carboxylic acids is 1. The van der Waals surface area contributed by atoms with E-state index in [9.17, 15) is 4.79 Å². The zero-order valence-corrected chi connectivity index (χ0v) is 15.9. The number of likely N-dealkylation sites (N-methyl/N-ethyl adjacent to an activating group) is 2. The third kappa shape index (κ3) is 5.05. The SMILES string of the molecule is CN(CC1Cc2ccccc2CN1C)C(=O)CN1CCCCCCC1. The second kappa shape index (κ2) is 8.81. The van der Waals surface area contributed by atoms with Crippen molar-refractivity contribution in [1.82, 2.24) is 14.7 Å². The van der Waals surface area contributed by atoms with Gasteiger partial charge in [0.15, 0.2) is 0 Å². The van der Waals surface area contributed by atoms with E-state index in [-0.39, 0.29) is 5.91 Å². The van der Waals surface area contributed by atoms with Gasteiger partial charge in [-0.05, 0) is 50.5 Å². The minimum Gasteiger partial charge on any atom is -0.343 e. The van der Waals surface area contributed by atoms with Gasteiger partial charge < -0.3 is 4.90 Å². The summed E-state index contributed by atoms with van der Waals surface area (Å²) >= 11 is 0. The summed E-state index contributed by atoms with van der Waals surface area (Å²) in [6, 6.07) is 9.11. The monoisotopic (exact) mass is 343 g/mol. The molecule has 1 amide bonds. The largest absolute Gasteiger partial charge is 0.343 e. The van der Waals surface area contributed by atoms with Gasteiger partial charge in [0.2, 0.25) is 5.91 Å². The van der Waals surface area contributed by atoms with Crippen LogP contribution in [0.3, 0.4) is 0 Å². The van der Waals surface area contributed by atoms with Crippen molar-refractivity contribution in [3.8, 4) is 0 Å². The topological polar surface area (TPSA) is 26.8 Å². The van der Waals surface area contributed by atoms with Crippen molar-refractivity contribution in [2.24, 2.45) is 0 Å².